The summed E-state index contributed by atoms with van der Waals surface area (Å²) < 4.78 is 5.12. The standard InChI is InChI=1S/C12H27NO/c1-11(2)6-7-13(8-9-14-5)10-12(3)4/h11-12H,6-10H2,1-5H3. The average molecular weight is 201 g/mol. The van der Waals surface area contributed by atoms with Crippen molar-refractivity contribution in [2.45, 2.75) is 34.1 Å². The predicted octanol–water partition coefficient (Wildman–Crippen LogP) is 2.64. The first kappa shape index (κ1) is 13.9. The van der Waals surface area contributed by atoms with Crippen LogP contribution in [0.1, 0.15) is 34.1 Å². The molecule has 0 rings (SSSR count). The van der Waals surface area contributed by atoms with Gasteiger partial charge in [-0.25, -0.2) is 0 Å². The Hall–Kier alpha value is -0.0800. The van der Waals surface area contributed by atoms with Crippen molar-refractivity contribution in [3.63, 3.8) is 0 Å². The highest BCUT2D eigenvalue weighted by molar-refractivity contribution is 4.61. The van der Waals surface area contributed by atoms with Crippen LogP contribution in [-0.4, -0.2) is 38.3 Å². The van der Waals surface area contributed by atoms with E-state index in [1.54, 1.807) is 7.11 Å². The molecule has 0 heterocycles. The molecule has 0 aliphatic heterocycles. The largest absolute Gasteiger partial charge is 0.383 e. The maximum atomic E-state index is 5.12. The van der Waals surface area contributed by atoms with E-state index < -0.39 is 0 Å². The summed E-state index contributed by atoms with van der Waals surface area (Å²) in [6.07, 6.45) is 1.29. The summed E-state index contributed by atoms with van der Waals surface area (Å²) in [5, 5.41) is 0. The topological polar surface area (TPSA) is 12.5 Å². The fourth-order valence-corrected chi connectivity index (χ4v) is 1.47. The van der Waals surface area contributed by atoms with Crippen LogP contribution < -0.4 is 0 Å². The monoisotopic (exact) mass is 201 g/mol. The number of nitrogens with zero attached hydrogens (tertiary/aromatic N) is 1. The third-order valence-electron chi connectivity index (χ3n) is 2.26. The molecule has 0 fully saturated rings. The molecule has 0 aromatic rings. The van der Waals surface area contributed by atoms with E-state index >= 15 is 0 Å². The van der Waals surface area contributed by atoms with Crippen LogP contribution in [-0.2, 0) is 4.74 Å². The number of hydrogen-bond acceptors (Lipinski definition) is 2. The first-order valence-electron chi connectivity index (χ1n) is 5.77. The van der Waals surface area contributed by atoms with E-state index in [0.717, 1.165) is 25.0 Å². The van der Waals surface area contributed by atoms with Gasteiger partial charge < -0.3 is 9.64 Å². The molecule has 0 N–H and O–H groups in total. The zero-order valence-electron chi connectivity index (χ0n) is 10.5. The van der Waals surface area contributed by atoms with Crippen molar-refractivity contribution in [1.29, 1.82) is 0 Å². The molecule has 0 aromatic heterocycles. The summed E-state index contributed by atoms with van der Waals surface area (Å²) >= 11 is 0. The number of rotatable bonds is 8. The van der Waals surface area contributed by atoms with Crippen molar-refractivity contribution in [3.8, 4) is 0 Å². The Kier molecular flexibility index (Phi) is 8.20. The molecule has 0 unspecified atom stereocenters. The Morgan fingerprint density at radius 1 is 1.00 bits per heavy atom. The molecule has 0 aliphatic carbocycles. The molecule has 86 valence electrons. The van der Waals surface area contributed by atoms with Crippen LogP contribution >= 0.6 is 0 Å². The molecule has 0 saturated carbocycles. The van der Waals surface area contributed by atoms with Gasteiger partial charge in [-0.15, -0.1) is 0 Å². The van der Waals surface area contributed by atoms with Crippen molar-refractivity contribution < 1.29 is 4.74 Å². The first-order valence-corrected chi connectivity index (χ1v) is 5.77. The molecule has 0 aliphatic rings. The quantitative estimate of drug-likeness (QED) is 0.598. The van der Waals surface area contributed by atoms with Crippen molar-refractivity contribution in [1.82, 2.24) is 4.90 Å². The maximum Gasteiger partial charge on any atom is 0.0589 e. The van der Waals surface area contributed by atoms with E-state index in [1.165, 1.54) is 19.5 Å². The molecule has 0 atom stereocenters. The summed E-state index contributed by atoms with van der Waals surface area (Å²) in [7, 11) is 1.77. The first-order chi connectivity index (χ1) is 6.56. The summed E-state index contributed by atoms with van der Waals surface area (Å²) in [6.45, 7) is 13.4. The molecule has 0 radical (unpaired) electrons. The summed E-state index contributed by atoms with van der Waals surface area (Å²) in [6, 6.07) is 0. The van der Waals surface area contributed by atoms with Crippen LogP contribution in [0.25, 0.3) is 0 Å². The second-order valence-corrected chi connectivity index (χ2v) is 4.87. The zero-order chi connectivity index (χ0) is 11.0. The van der Waals surface area contributed by atoms with E-state index in [1.807, 2.05) is 0 Å². The van der Waals surface area contributed by atoms with E-state index in [4.69, 9.17) is 4.74 Å². The van der Waals surface area contributed by atoms with Gasteiger partial charge in [-0.2, -0.15) is 0 Å². The van der Waals surface area contributed by atoms with Crippen molar-refractivity contribution in [2.24, 2.45) is 11.8 Å². The molecule has 0 aromatic carbocycles. The van der Waals surface area contributed by atoms with E-state index in [9.17, 15) is 0 Å². The third-order valence-corrected chi connectivity index (χ3v) is 2.26. The number of hydrogen-bond donors (Lipinski definition) is 0. The lowest BCUT2D eigenvalue weighted by molar-refractivity contribution is 0.136. The predicted molar refractivity (Wildman–Crippen MR) is 62.6 cm³/mol. The van der Waals surface area contributed by atoms with Crippen LogP contribution in [0.15, 0.2) is 0 Å². The molecule has 2 nitrogen and oxygen atoms in total. The van der Waals surface area contributed by atoms with Gasteiger partial charge in [0.15, 0.2) is 0 Å². The van der Waals surface area contributed by atoms with Gasteiger partial charge in [0.05, 0.1) is 6.61 Å². The molecule has 14 heavy (non-hydrogen) atoms. The maximum absolute atomic E-state index is 5.12. The Bertz CT molecular complexity index is 123. The lowest BCUT2D eigenvalue weighted by atomic mass is 10.1. The number of methoxy groups -OCH3 is 1. The molecular weight excluding hydrogens is 174 g/mol. The van der Waals surface area contributed by atoms with Gasteiger partial charge >= 0.3 is 0 Å². The second-order valence-electron chi connectivity index (χ2n) is 4.87. The third kappa shape index (κ3) is 8.52. The minimum absolute atomic E-state index is 0.749. The van der Waals surface area contributed by atoms with Gasteiger partial charge in [0.1, 0.15) is 0 Å². The van der Waals surface area contributed by atoms with Gasteiger partial charge in [-0.3, -0.25) is 0 Å². The van der Waals surface area contributed by atoms with Gasteiger partial charge in [-0.1, -0.05) is 27.7 Å². The Balaban J connectivity index is 3.72. The van der Waals surface area contributed by atoms with Gasteiger partial charge in [-0.05, 0) is 24.8 Å². The van der Waals surface area contributed by atoms with Gasteiger partial charge in [0.25, 0.3) is 0 Å². The lowest BCUT2D eigenvalue weighted by Gasteiger charge is -2.24. The molecular formula is C12H27NO. The minimum atomic E-state index is 0.749. The second kappa shape index (κ2) is 8.25. The van der Waals surface area contributed by atoms with Crippen molar-refractivity contribution in [2.75, 3.05) is 33.4 Å². The van der Waals surface area contributed by atoms with Crippen LogP contribution in [0.2, 0.25) is 0 Å². The van der Waals surface area contributed by atoms with Crippen LogP contribution in [0, 0.1) is 11.8 Å². The fraction of sp³-hybridized carbons (Fsp3) is 1.00. The summed E-state index contributed by atoms with van der Waals surface area (Å²) in [4.78, 5) is 2.51. The Morgan fingerprint density at radius 3 is 2.07 bits per heavy atom. The minimum Gasteiger partial charge on any atom is -0.383 e. The van der Waals surface area contributed by atoms with E-state index in [0.29, 0.717) is 0 Å². The normalized spacial score (nSPS) is 12.0. The Morgan fingerprint density at radius 2 is 1.64 bits per heavy atom. The van der Waals surface area contributed by atoms with Crippen LogP contribution in [0.5, 0.6) is 0 Å². The highest BCUT2D eigenvalue weighted by Gasteiger charge is 2.07. The number of ether oxygens (including phenoxy) is 1. The Labute approximate surface area is 89.6 Å². The molecule has 0 amide bonds. The SMILES string of the molecule is COCCN(CCC(C)C)CC(C)C. The zero-order valence-corrected chi connectivity index (χ0v) is 10.5. The van der Waals surface area contributed by atoms with Crippen molar-refractivity contribution >= 4 is 0 Å². The van der Waals surface area contributed by atoms with E-state index in [-0.39, 0.29) is 0 Å². The highest BCUT2D eigenvalue weighted by Crippen LogP contribution is 2.04. The smallest absolute Gasteiger partial charge is 0.0589 e. The van der Waals surface area contributed by atoms with Gasteiger partial charge in [0, 0.05) is 20.2 Å². The van der Waals surface area contributed by atoms with Crippen molar-refractivity contribution in [3.05, 3.63) is 0 Å². The average Bonchev–Trinajstić information content (AvgIpc) is 2.09. The molecule has 0 saturated heterocycles. The lowest BCUT2D eigenvalue weighted by Crippen LogP contribution is -2.32. The van der Waals surface area contributed by atoms with Crippen LogP contribution in [0.4, 0.5) is 0 Å². The molecule has 0 spiro atoms. The summed E-state index contributed by atoms with van der Waals surface area (Å²) in [5.41, 5.74) is 0. The molecule has 2 heteroatoms. The fourth-order valence-electron chi connectivity index (χ4n) is 1.47. The van der Waals surface area contributed by atoms with Gasteiger partial charge in [0.2, 0.25) is 0 Å². The molecule has 0 bridgehead atoms. The van der Waals surface area contributed by atoms with Crippen LogP contribution in [0.3, 0.4) is 0 Å². The highest BCUT2D eigenvalue weighted by atomic mass is 16.5. The van der Waals surface area contributed by atoms with E-state index in [2.05, 4.69) is 32.6 Å². The summed E-state index contributed by atoms with van der Waals surface area (Å²) in [5.74, 6) is 1.55.